The summed E-state index contributed by atoms with van der Waals surface area (Å²) < 4.78 is 7.31. The van der Waals surface area contributed by atoms with Crippen molar-refractivity contribution in [2.75, 3.05) is 31.1 Å². The summed E-state index contributed by atoms with van der Waals surface area (Å²) in [6.45, 7) is 2.63. The molecule has 0 bridgehead atoms. The third-order valence-corrected chi connectivity index (χ3v) is 5.30. The first-order valence-corrected chi connectivity index (χ1v) is 9.54. The topological polar surface area (TPSA) is 74.2 Å². The highest BCUT2D eigenvalue weighted by Gasteiger charge is 2.25. The van der Waals surface area contributed by atoms with Crippen LogP contribution in [0.3, 0.4) is 0 Å². The van der Waals surface area contributed by atoms with Gasteiger partial charge in [-0.2, -0.15) is 0 Å². The number of nitrogens with zero attached hydrogens (tertiary/aromatic N) is 4. The second kappa shape index (κ2) is 7.01. The van der Waals surface area contributed by atoms with Gasteiger partial charge in [0, 0.05) is 44.1 Å². The maximum atomic E-state index is 12.5. The number of piperazine rings is 1. The first-order valence-electron chi connectivity index (χ1n) is 9.54. The summed E-state index contributed by atoms with van der Waals surface area (Å²) in [5.41, 5.74) is 2.93. The Kier molecular flexibility index (Phi) is 4.20. The lowest BCUT2D eigenvalue weighted by atomic mass is 10.1. The predicted molar refractivity (Wildman–Crippen MR) is 109 cm³/mol. The molecule has 1 amide bonds. The van der Waals surface area contributed by atoms with Crippen molar-refractivity contribution < 1.29 is 14.3 Å². The molecule has 0 spiro atoms. The molecule has 29 heavy (non-hydrogen) atoms. The van der Waals surface area contributed by atoms with Gasteiger partial charge in [-0.3, -0.25) is 4.79 Å². The fourth-order valence-electron chi connectivity index (χ4n) is 3.85. The Balaban J connectivity index is 1.40. The number of phenolic OH excluding ortho intramolecular Hbond substituents is 1. The smallest absolute Gasteiger partial charge is 0.289 e. The van der Waals surface area contributed by atoms with Crippen molar-refractivity contribution in [1.29, 1.82) is 0 Å². The molecule has 1 N–H and O–H groups in total. The van der Waals surface area contributed by atoms with Gasteiger partial charge >= 0.3 is 0 Å². The van der Waals surface area contributed by atoms with E-state index in [0.717, 1.165) is 22.6 Å². The SMILES string of the molecule is O=C(c1ccco1)N1CCN(c2nccn3c(-c4cccc(O)c4)ccc23)CC1. The summed E-state index contributed by atoms with van der Waals surface area (Å²) in [4.78, 5) is 21.1. The zero-order valence-electron chi connectivity index (χ0n) is 15.7. The standard InChI is InChI=1S/C22H20N4O3/c27-17-4-1-3-16(15-17)18-6-7-19-21(23-8-9-26(18)19)24-10-12-25(13-11-24)22(28)20-5-2-14-29-20/h1-9,14-15,27H,10-13H2. The molecule has 146 valence electrons. The number of aromatic hydroxyl groups is 1. The fourth-order valence-corrected chi connectivity index (χ4v) is 3.85. The monoisotopic (exact) mass is 388 g/mol. The average Bonchev–Trinajstić information content (AvgIpc) is 3.43. The van der Waals surface area contributed by atoms with Gasteiger partial charge in [0.1, 0.15) is 5.75 Å². The number of hydrogen-bond donors (Lipinski definition) is 1. The Bertz CT molecular complexity index is 1160. The highest BCUT2D eigenvalue weighted by molar-refractivity contribution is 5.91. The summed E-state index contributed by atoms with van der Waals surface area (Å²) in [5.74, 6) is 1.43. The molecule has 0 unspecified atom stereocenters. The van der Waals surface area contributed by atoms with E-state index in [1.165, 1.54) is 6.26 Å². The number of rotatable bonds is 3. The van der Waals surface area contributed by atoms with E-state index in [-0.39, 0.29) is 11.7 Å². The molecule has 1 fully saturated rings. The first-order chi connectivity index (χ1) is 14.2. The van der Waals surface area contributed by atoms with Crippen LogP contribution in [0.2, 0.25) is 0 Å². The van der Waals surface area contributed by atoms with Crippen LogP contribution in [0.4, 0.5) is 5.82 Å². The molecule has 1 aromatic carbocycles. The number of benzene rings is 1. The summed E-state index contributed by atoms with van der Waals surface area (Å²) in [5, 5.41) is 9.81. The third-order valence-electron chi connectivity index (χ3n) is 5.30. The molecule has 4 aromatic rings. The van der Waals surface area contributed by atoms with E-state index >= 15 is 0 Å². The quantitative estimate of drug-likeness (QED) is 0.583. The number of anilines is 1. The summed E-state index contributed by atoms with van der Waals surface area (Å²) in [6.07, 6.45) is 5.23. The van der Waals surface area contributed by atoms with Crippen LogP contribution in [0.1, 0.15) is 10.6 Å². The highest BCUT2D eigenvalue weighted by atomic mass is 16.3. The molecular weight excluding hydrogens is 368 g/mol. The minimum absolute atomic E-state index is 0.0744. The van der Waals surface area contributed by atoms with Crippen LogP contribution in [-0.4, -0.2) is 51.5 Å². The molecule has 4 heterocycles. The third kappa shape index (κ3) is 3.10. The molecule has 0 saturated carbocycles. The number of fused-ring (bicyclic) bond motifs is 1. The molecule has 1 saturated heterocycles. The Hall–Kier alpha value is -3.74. The Morgan fingerprint density at radius 2 is 1.90 bits per heavy atom. The number of hydrogen-bond acceptors (Lipinski definition) is 5. The van der Waals surface area contributed by atoms with Gasteiger partial charge in [-0.15, -0.1) is 0 Å². The molecule has 0 aliphatic carbocycles. The van der Waals surface area contributed by atoms with Gasteiger partial charge in [-0.05, 0) is 36.4 Å². The lowest BCUT2D eigenvalue weighted by Gasteiger charge is -2.35. The molecule has 3 aromatic heterocycles. The van der Waals surface area contributed by atoms with Crippen molar-refractivity contribution in [2.24, 2.45) is 0 Å². The molecule has 5 rings (SSSR count). The van der Waals surface area contributed by atoms with Gasteiger partial charge in [0.05, 0.1) is 17.5 Å². The molecule has 1 aliphatic heterocycles. The van der Waals surface area contributed by atoms with Crippen LogP contribution >= 0.6 is 0 Å². The van der Waals surface area contributed by atoms with Crippen LogP contribution < -0.4 is 4.90 Å². The number of furan rings is 1. The largest absolute Gasteiger partial charge is 0.508 e. The lowest BCUT2D eigenvalue weighted by Crippen LogP contribution is -2.49. The van der Waals surface area contributed by atoms with Crippen molar-refractivity contribution in [2.45, 2.75) is 0 Å². The lowest BCUT2D eigenvalue weighted by molar-refractivity contribution is 0.0714. The summed E-state index contributed by atoms with van der Waals surface area (Å²) >= 11 is 0. The van der Waals surface area contributed by atoms with E-state index in [4.69, 9.17) is 4.42 Å². The highest BCUT2D eigenvalue weighted by Crippen LogP contribution is 2.29. The normalized spacial score (nSPS) is 14.5. The Morgan fingerprint density at radius 1 is 1.03 bits per heavy atom. The van der Waals surface area contributed by atoms with Gasteiger partial charge < -0.3 is 23.7 Å². The van der Waals surface area contributed by atoms with Crippen LogP contribution in [0.25, 0.3) is 16.8 Å². The molecule has 1 aliphatic rings. The minimum Gasteiger partial charge on any atom is -0.508 e. The molecule has 7 heteroatoms. The number of aromatic nitrogens is 2. The van der Waals surface area contributed by atoms with Crippen LogP contribution in [0.15, 0.2) is 71.6 Å². The van der Waals surface area contributed by atoms with Gasteiger partial charge in [-0.1, -0.05) is 12.1 Å². The van der Waals surface area contributed by atoms with Crippen molar-refractivity contribution >= 4 is 17.2 Å². The van der Waals surface area contributed by atoms with Crippen LogP contribution in [0.5, 0.6) is 5.75 Å². The average molecular weight is 388 g/mol. The molecule has 0 radical (unpaired) electrons. The van der Waals surface area contributed by atoms with Gasteiger partial charge in [0.25, 0.3) is 5.91 Å². The molecule has 7 nitrogen and oxygen atoms in total. The summed E-state index contributed by atoms with van der Waals surface area (Å²) in [6, 6.07) is 14.7. The number of phenols is 1. The second-order valence-electron chi connectivity index (χ2n) is 7.03. The van der Waals surface area contributed by atoms with Crippen molar-refractivity contribution in [3.05, 3.63) is 72.9 Å². The number of carbonyl (C=O) groups excluding carboxylic acids is 1. The fraction of sp³-hybridized carbons (Fsp3) is 0.182. The van der Waals surface area contributed by atoms with E-state index in [2.05, 4.69) is 14.3 Å². The maximum Gasteiger partial charge on any atom is 0.289 e. The van der Waals surface area contributed by atoms with Gasteiger partial charge in [0.2, 0.25) is 0 Å². The van der Waals surface area contributed by atoms with E-state index in [0.29, 0.717) is 31.9 Å². The van der Waals surface area contributed by atoms with Gasteiger partial charge in [-0.25, -0.2) is 4.98 Å². The van der Waals surface area contributed by atoms with E-state index in [9.17, 15) is 9.90 Å². The van der Waals surface area contributed by atoms with Gasteiger partial charge in [0.15, 0.2) is 11.6 Å². The van der Waals surface area contributed by atoms with Crippen molar-refractivity contribution in [3.8, 4) is 17.0 Å². The van der Waals surface area contributed by atoms with Crippen LogP contribution in [-0.2, 0) is 0 Å². The zero-order valence-corrected chi connectivity index (χ0v) is 15.7. The van der Waals surface area contributed by atoms with E-state index in [1.54, 1.807) is 30.5 Å². The van der Waals surface area contributed by atoms with Crippen molar-refractivity contribution in [1.82, 2.24) is 14.3 Å². The first kappa shape index (κ1) is 17.4. The minimum atomic E-state index is -0.0744. The molecule has 0 atom stereocenters. The number of carbonyl (C=O) groups is 1. The predicted octanol–water partition coefficient (Wildman–Crippen LogP) is 3.26. The van der Waals surface area contributed by atoms with Crippen molar-refractivity contribution in [3.63, 3.8) is 0 Å². The van der Waals surface area contributed by atoms with E-state index in [1.807, 2.05) is 35.4 Å². The summed E-state index contributed by atoms with van der Waals surface area (Å²) in [7, 11) is 0. The van der Waals surface area contributed by atoms with E-state index < -0.39 is 0 Å². The second-order valence-corrected chi connectivity index (χ2v) is 7.03. The van der Waals surface area contributed by atoms with Crippen LogP contribution in [0, 0.1) is 0 Å². The molecular formula is C22H20N4O3. The Labute approximate surface area is 167 Å². The number of amides is 1. The Morgan fingerprint density at radius 3 is 2.66 bits per heavy atom. The zero-order chi connectivity index (χ0) is 19.8. The maximum absolute atomic E-state index is 12.5.